The number of carbonyl (C=O) groups excluding carboxylic acids is 1. The molecular formula is C20H29ClN2O. The van der Waals surface area contributed by atoms with E-state index in [2.05, 4.69) is 35.2 Å². The molecule has 4 heteroatoms. The van der Waals surface area contributed by atoms with Crippen molar-refractivity contribution in [2.45, 2.75) is 50.5 Å². The molecule has 2 saturated carbocycles. The van der Waals surface area contributed by atoms with E-state index in [1.54, 1.807) is 0 Å². The summed E-state index contributed by atoms with van der Waals surface area (Å²) in [4.78, 5) is 15.2. The molecule has 1 aliphatic heterocycles. The zero-order valence-corrected chi connectivity index (χ0v) is 15.1. The first kappa shape index (κ1) is 17.8. The van der Waals surface area contributed by atoms with Crippen LogP contribution in [-0.2, 0) is 4.79 Å². The highest BCUT2D eigenvalue weighted by molar-refractivity contribution is 5.85. The number of amides is 1. The number of halogens is 1. The fourth-order valence-corrected chi connectivity index (χ4v) is 5.29. The van der Waals surface area contributed by atoms with E-state index in [1.165, 1.54) is 31.2 Å². The molecule has 1 heterocycles. The van der Waals surface area contributed by atoms with Crippen LogP contribution in [0.5, 0.6) is 0 Å². The minimum Gasteiger partial charge on any atom is -0.342 e. The van der Waals surface area contributed by atoms with Gasteiger partial charge in [0.1, 0.15) is 0 Å². The smallest absolute Gasteiger partial charge is 0.227 e. The predicted molar refractivity (Wildman–Crippen MR) is 99.2 cm³/mol. The van der Waals surface area contributed by atoms with E-state index in [-0.39, 0.29) is 24.4 Å². The average molecular weight is 349 g/mol. The molecule has 0 radical (unpaired) electrons. The largest absolute Gasteiger partial charge is 0.342 e. The van der Waals surface area contributed by atoms with Gasteiger partial charge in [0.25, 0.3) is 0 Å². The Labute approximate surface area is 151 Å². The average Bonchev–Trinajstić information content (AvgIpc) is 3.07. The summed E-state index contributed by atoms with van der Waals surface area (Å²) in [6.45, 7) is 1.82. The summed E-state index contributed by atoms with van der Waals surface area (Å²) in [5, 5.41) is 0. The summed E-state index contributed by atoms with van der Waals surface area (Å²) in [5.74, 6) is 2.25. The fraction of sp³-hybridized carbons (Fsp3) is 0.650. The topological polar surface area (TPSA) is 46.3 Å². The first-order valence-corrected chi connectivity index (χ1v) is 9.33. The van der Waals surface area contributed by atoms with Gasteiger partial charge in [-0.3, -0.25) is 4.79 Å². The zero-order chi connectivity index (χ0) is 15.8. The van der Waals surface area contributed by atoms with Crippen LogP contribution in [-0.4, -0.2) is 29.9 Å². The molecule has 5 unspecified atom stereocenters. The van der Waals surface area contributed by atoms with E-state index in [0.29, 0.717) is 23.7 Å². The number of benzene rings is 1. The normalized spacial score (nSPS) is 35.4. The first-order chi connectivity index (χ1) is 11.2. The molecule has 2 N–H and O–H groups in total. The van der Waals surface area contributed by atoms with E-state index >= 15 is 0 Å². The number of rotatable bonds is 2. The first-order valence-electron chi connectivity index (χ1n) is 9.33. The molecule has 2 bridgehead atoms. The number of likely N-dealkylation sites (tertiary alicyclic amines) is 1. The Morgan fingerprint density at radius 2 is 1.75 bits per heavy atom. The summed E-state index contributed by atoms with van der Waals surface area (Å²) in [5.41, 5.74) is 7.81. The third kappa shape index (κ3) is 3.21. The molecule has 132 valence electrons. The van der Waals surface area contributed by atoms with E-state index in [0.717, 1.165) is 25.9 Å². The number of hydrogen-bond acceptors (Lipinski definition) is 2. The van der Waals surface area contributed by atoms with Crippen molar-refractivity contribution in [3.63, 3.8) is 0 Å². The molecular weight excluding hydrogens is 320 g/mol. The Bertz CT molecular complexity index is 562. The van der Waals surface area contributed by atoms with Crippen LogP contribution in [0.3, 0.4) is 0 Å². The molecule has 3 nitrogen and oxygen atoms in total. The van der Waals surface area contributed by atoms with Crippen molar-refractivity contribution < 1.29 is 4.79 Å². The molecule has 1 aromatic rings. The SMILES string of the molecule is Cl.NC1C2CCC(C2)C1C(=O)N1CCCC(c2ccccc2)CC1. The van der Waals surface area contributed by atoms with Gasteiger partial charge in [-0.05, 0) is 61.8 Å². The van der Waals surface area contributed by atoms with Gasteiger partial charge >= 0.3 is 0 Å². The Hall–Kier alpha value is -1.06. The third-order valence-corrected chi connectivity index (χ3v) is 6.58. The van der Waals surface area contributed by atoms with E-state index in [1.807, 2.05) is 0 Å². The Kier molecular flexibility index (Phi) is 5.51. The van der Waals surface area contributed by atoms with Gasteiger partial charge in [-0.1, -0.05) is 30.3 Å². The number of nitrogens with zero attached hydrogens (tertiary/aromatic N) is 1. The fourth-order valence-electron chi connectivity index (χ4n) is 5.29. The highest BCUT2D eigenvalue weighted by Crippen LogP contribution is 2.48. The summed E-state index contributed by atoms with van der Waals surface area (Å²) < 4.78 is 0. The van der Waals surface area contributed by atoms with Crippen molar-refractivity contribution in [1.82, 2.24) is 4.90 Å². The van der Waals surface area contributed by atoms with Crippen LogP contribution in [0.2, 0.25) is 0 Å². The second-order valence-electron chi connectivity index (χ2n) is 7.80. The second-order valence-corrected chi connectivity index (χ2v) is 7.80. The van der Waals surface area contributed by atoms with Crippen LogP contribution in [0.4, 0.5) is 0 Å². The number of nitrogens with two attached hydrogens (primary N) is 1. The highest BCUT2D eigenvalue weighted by atomic mass is 35.5. The van der Waals surface area contributed by atoms with Gasteiger partial charge in [0.2, 0.25) is 5.91 Å². The van der Waals surface area contributed by atoms with Gasteiger partial charge in [0.05, 0.1) is 5.92 Å². The summed E-state index contributed by atoms with van der Waals surface area (Å²) in [6, 6.07) is 10.9. The van der Waals surface area contributed by atoms with Gasteiger partial charge in [0.15, 0.2) is 0 Å². The second kappa shape index (κ2) is 7.45. The van der Waals surface area contributed by atoms with E-state index < -0.39 is 0 Å². The zero-order valence-electron chi connectivity index (χ0n) is 14.3. The summed E-state index contributed by atoms with van der Waals surface area (Å²) in [6.07, 6.45) is 7.04. The molecule has 1 aromatic carbocycles. The van der Waals surface area contributed by atoms with Gasteiger partial charge in [-0.2, -0.15) is 0 Å². The van der Waals surface area contributed by atoms with Crippen molar-refractivity contribution in [2.24, 2.45) is 23.5 Å². The lowest BCUT2D eigenvalue weighted by Crippen LogP contribution is -2.47. The van der Waals surface area contributed by atoms with Crippen molar-refractivity contribution >= 4 is 18.3 Å². The lowest BCUT2D eigenvalue weighted by molar-refractivity contribution is -0.137. The number of carbonyl (C=O) groups is 1. The Balaban J connectivity index is 0.00000169. The van der Waals surface area contributed by atoms with E-state index in [4.69, 9.17) is 5.73 Å². The van der Waals surface area contributed by atoms with Gasteiger partial charge in [-0.25, -0.2) is 0 Å². The lowest BCUT2D eigenvalue weighted by atomic mass is 9.84. The van der Waals surface area contributed by atoms with Crippen LogP contribution in [0.25, 0.3) is 0 Å². The van der Waals surface area contributed by atoms with Gasteiger partial charge in [-0.15, -0.1) is 12.4 Å². The van der Waals surface area contributed by atoms with Gasteiger partial charge in [0, 0.05) is 19.1 Å². The molecule has 1 saturated heterocycles. The Morgan fingerprint density at radius 1 is 1.00 bits per heavy atom. The van der Waals surface area contributed by atoms with Crippen molar-refractivity contribution in [3.8, 4) is 0 Å². The number of fused-ring (bicyclic) bond motifs is 2. The molecule has 3 fully saturated rings. The molecule has 1 amide bonds. The minimum atomic E-state index is 0. The maximum Gasteiger partial charge on any atom is 0.227 e. The maximum atomic E-state index is 13.0. The molecule has 5 atom stereocenters. The van der Waals surface area contributed by atoms with Crippen molar-refractivity contribution in [3.05, 3.63) is 35.9 Å². The van der Waals surface area contributed by atoms with Crippen LogP contribution in [0, 0.1) is 17.8 Å². The molecule has 3 aliphatic rings. The van der Waals surface area contributed by atoms with Crippen molar-refractivity contribution in [2.75, 3.05) is 13.1 Å². The van der Waals surface area contributed by atoms with Crippen molar-refractivity contribution in [1.29, 1.82) is 0 Å². The minimum absolute atomic E-state index is 0. The molecule has 0 spiro atoms. The number of hydrogen-bond donors (Lipinski definition) is 1. The highest BCUT2D eigenvalue weighted by Gasteiger charge is 2.50. The van der Waals surface area contributed by atoms with Crippen LogP contribution in [0.15, 0.2) is 30.3 Å². The molecule has 24 heavy (non-hydrogen) atoms. The quantitative estimate of drug-likeness (QED) is 0.888. The van der Waals surface area contributed by atoms with Crippen LogP contribution >= 0.6 is 12.4 Å². The predicted octanol–water partition coefficient (Wildman–Crippen LogP) is 3.58. The third-order valence-electron chi connectivity index (χ3n) is 6.58. The van der Waals surface area contributed by atoms with Crippen LogP contribution < -0.4 is 5.73 Å². The van der Waals surface area contributed by atoms with E-state index in [9.17, 15) is 4.79 Å². The Morgan fingerprint density at radius 3 is 2.46 bits per heavy atom. The van der Waals surface area contributed by atoms with Gasteiger partial charge < -0.3 is 10.6 Å². The molecule has 2 aliphatic carbocycles. The monoisotopic (exact) mass is 348 g/mol. The molecule has 0 aromatic heterocycles. The van der Waals surface area contributed by atoms with Crippen LogP contribution in [0.1, 0.15) is 50.0 Å². The maximum absolute atomic E-state index is 13.0. The summed E-state index contributed by atoms with van der Waals surface area (Å²) in [7, 11) is 0. The molecule has 4 rings (SSSR count). The lowest BCUT2D eigenvalue weighted by Gasteiger charge is -2.32. The standard InChI is InChI=1S/C20H28N2O.ClH/c21-19-17-9-8-16(13-17)18(19)20(23)22-11-4-7-15(10-12-22)14-5-2-1-3-6-14;/h1-3,5-6,15-19H,4,7-13,21H2;1H. The summed E-state index contributed by atoms with van der Waals surface area (Å²) >= 11 is 0.